The Hall–Kier alpha value is -1.54. The second-order valence-electron chi connectivity index (χ2n) is 3.05. The fourth-order valence-electron chi connectivity index (χ4n) is 1.53. The Balaban J connectivity index is 2.67. The van der Waals surface area contributed by atoms with Gasteiger partial charge in [0, 0.05) is 23.1 Å². The summed E-state index contributed by atoms with van der Waals surface area (Å²) in [5, 5.41) is 1.18. The van der Waals surface area contributed by atoms with Crippen LogP contribution in [0.15, 0.2) is 43.1 Å². The van der Waals surface area contributed by atoms with Crippen LogP contribution in [0, 0.1) is 0 Å². The van der Waals surface area contributed by atoms with Gasteiger partial charge in [0.1, 0.15) is 0 Å². The maximum Gasteiger partial charge on any atom is 0.0485 e. The largest absolute Gasteiger partial charge is 0.361 e. The molecule has 0 aliphatic carbocycles. The standard InChI is InChI=1S/C11H12N2/c1-2-10(12)8-4-3-5-11-9(8)6-7-13-11/h2-7,10,13H,1,12H2/t10-/m1/s1. The number of fused-ring (bicyclic) bond motifs is 1. The summed E-state index contributed by atoms with van der Waals surface area (Å²) in [5.41, 5.74) is 8.13. The summed E-state index contributed by atoms with van der Waals surface area (Å²) in [6.45, 7) is 3.69. The molecule has 2 rings (SSSR count). The first kappa shape index (κ1) is 8.08. The summed E-state index contributed by atoms with van der Waals surface area (Å²) in [6.07, 6.45) is 3.67. The SMILES string of the molecule is C=C[C@@H](N)c1cccc2[nH]ccc12. The fraction of sp³-hybridized carbons (Fsp3) is 0.0909. The van der Waals surface area contributed by atoms with Crippen molar-refractivity contribution < 1.29 is 0 Å². The van der Waals surface area contributed by atoms with Crippen LogP contribution in [0.2, 0.25) is 0 Å². The number of benzene rings is 1. The molecule has 66 valence electrons. The Morgan fingerprint density at radius 3 is 3.00 bits per heavy atom. The van der Waals surface area contributed by atoms with E-state index in [0.717, 1.165) is 11.1 Å². The third kappa shape index (κ3) is 1.25. The van der Waals surface area contributed by atoms with Gasteiger partial charge in [-0.05, 0) is 17.7 Å². The maximum atomic E-state index is 5.89. The minimum Gasteiger partial charge on any atom is -0.361 e. The number of rotatable bonds is 2. The van der Waals surface area contributed by atoms with Crippen molar-refractivity contribution in [3.05, 3.63) is 48.7 Å². The van der Waals surface area contributed by atoms with Crippen LogP contribution >= 0.6 is 0 Å². The van der Waals surface area contributed by atoms with Crippen molar-refractivity contribution >= 4 is 10.9 Å². The molecule has 1 aromatic heterocycles. The molecule has 2 aromatic rings. The average molecular weight is 172 g/mol. The van der Waals surface area contributed by atoms with E-state index < -0.39 is 0 Å². The molecule has 0 bridgehead atoms. The third-order valence-electron chi connectivity index (χ3n) is 2.24. The molecule has 1 aromatic carbocycles. The van der Waals surface area contributed by atoms with Crippen LogP contribution in [-0.2, 0) is 0 Å². The van der Waals surface area contributed by atoms with Gasteiger partial charge in [-0.3, -0.25) is 0 Å². The molecule has 0 unspecified atom stereocenters. The molecule has 1 atom stereocenters. The minimum absolute atomic E-state index is 0.0838. The number of aromatic amines is 1. The van der Waals surface area contributed by atoms with Crippen molar-refractivity contribution in [3.63, 3.8) is 0 Å². The van der Waals surface area contributed by atoms with Gasteiger partial charge in [-0.2, -0.15) is 0 Å². The molecule has 0 saturated heterocycles. The van der Waals surface area contributed by atoms with Crippen LogP contribution in [0.1, 0.15) is 11.6 Å². The first-order chi connectivity index (χ1) is 6.33. The quantitative estimate of drug-likeness (QED) is 0.671. The lowest BCUT2D eigenvalue weighted by Crippen LogP contribution is -2.06. The molecule has 0 amide bonds. The molecular formula is C11H12N2. The van der Waals surface area contributed by atoms with Crippen molar-refractivity contribution in [2.24, 2.45) is 5.73 Å². The number of aromatic nitrogens is 1. The van der Waals surface area contributed by atoms with Gasteiger partial charge in [0.2, 0.25) is 0 Å². The van der Waals surface area contributed by atoms with Gasteiger partial charge in [0.05, 0.1) is 0 Å². The lowest BCUT2D eigenvalue weighted by molar-refractivity contribution is 0.925. The van der Waals surface area contributed by atoms with E-state index in [9.17, 15) is 0 Å². The van der Waals surface area contributed by atoms with Crippen molar-refractivity contribution in [2.75, 3.05) is 0 Å². The molecule has 0 saturated carbocycles. The van der Waals surface area contributed by atoms with Crippen molar-refractivity contribution in [1.82, 2.24) is 4.98 Å². The fourth-order valence-corrected chi connectivity index (χ4v) is 1.53. The van der Waals surface area contributed by atoms with E-state index in [-0.39, 0.29) is 6.04 Å². The van der Waals surface area contributed by atoms with E-state index in [4.69, 9.17) is 5.73 Å². The summed E-state index contributed by atoms with van der Waals surface area (Å²) in [5.74, 6) is 0. The van der Waals surface area contributed by atoms with E-state index in [1.807, 2.05) is 30.5 Å². The van der Waals surface area contributed by atoms with E-state index in [0.29, 0.717) is 0 Å². The number of nitrogens with one attached hydrogen (secondary N) is 1. The van der Waals surface area contributed by atoms with Crippen LogP contribution in [0.4, 0.5) is 0 Å². The smallest absolute Gasteiger partial charge is 0.0485 e. The highest BCUT2D eigenvalue weighted by molar-refractivity contribution is 5.83. The first-order valence-corrected chi connectivity index (χ1v) is 4.27. The molecular weight excluding hydrogens is 160 g/mol. The van der Waals surface area contributed by atoms with Gasteiger partial charge < -0.3 is 10.7 Å². The zero-order chi connectivity index (χ0) is 9.26. The lowest BCUT2D eigenvalue weighted by Gasteiger charge is -2.07. The van der Waals surface area contributed by atoms with E-state index >= 15 is 0 Å². The van der Waals surface area contributed by atoms with Gasteiger partial charge in [-0.25, -0.2) is 0 Å². The summed E-state index contributed by atoms with van der Waals surface area (Å²) in [4.78, 5) is 3.15. The number of nitrogens with two attached hydrogens (primary N) is 1. The molecule has 3 N–H and O–H groups in total. The van der Waals surface area contributed by atoms with Gasteiger partial charge in [-0.1, -0.05) is 18.2 Å². The van der Waals surface area contributed by atoms with Gasteiger partial charge in [0.25, 0.3) is 0 Å². The molecule has 1 heterocycles. The second kappa shape index (κ2) is 3.07. The Kier molecular flexibility index (Phi) is 1.91. The van der Waals surface area contributed by atoms with Crippen LogP contribution in [0.5, 0.6) is 0 Å². The third-order valence-corrected chi connectivity index (χ3v) is 2.24. The zero-order valence-corrected chi connectivity index (χ0v) is 7.33. The number of hydrogen-bond donors (Lipinski definition) is 2. The van der Waals surface area contributed by atoms with Crippen molar-refractivity contribution in [2.45, 2.75) is 6.04 Å². The zero-order valence-electron chi connectivity index (χ0n) is 7.33. The second-order valence-corrected chi connectivity index (χ2v) is 3.05. The van der Waals surface area contributed by atoms with Gasteiger partial charge in [-0.15, -0.1) is 6.58 Å². The van der Waals surface area contributed by atoms with E-state index in [1.54, 1.807) is 6.08 Å². The molecule has 0 aliphatic rings. The summed E-state index contributed by atoms with van der Waals surface area (Å²) in [6, 6.07) is 8.02. The topological polar surface area (TPSA) is 41.8 Å². The van der Waals surface area contributed by atoms with Crippen LogP contribution in [0.25, 0.3) is 10.9 Å². The summed E-state index contributed by atoms with van der Waals surface area (Å²) >= 11 is 0. The highest BCUT2D eigenvalue weighted by Gasteiger charge is 2.05. The molecule has 0 fully saturated rings. The van der Waals surface area contributed by atoms with Gasteiger partial charge >= 0.3 is 0 Å². The molecule has 13 heavy (non-hydrogen) atoms. The summed E-state index contributed by atoms with van der Waals surface area (Å²) < 4.78 is 0. The number of H-pyrrole nitrogens is 1. The normalized spacial score (nSPS) is 13.0. The van der Waals surface area contributed by atoms with E-state index in [2.05, 4.69) is 11.6 Å². The van der Waals surface area contributed by atoms with Gasteiger partial charge in [0.15, 0.2) is 0 Å². The van der Waals surface area contributed by atoms with Crippen molar-refractivity contribution in [3.8, 4) is 0 Å². The number of hydrogen-bond acceptors (Lipinski definition) is 1. The monoisotopic (exact) mass is 172 g/mol. The Labute approximate surface area is 77.1 Å². The van der Waals surface area contributed by atoms with Crippen molar-refractivity contribution in [1.29, 1.82) is 0 Å². The Morgan fingerprint density at radius 1 is 1.38 bits per heavy atom. The first-order valence-electron chi connectivity index (χ1n) is 4.27. The maximum absolute atomic E-state index is 5.89. The molecule has 2 heteroatoms. The predicted molar refractivity (Wildman–Crippen MR) is 55.4 cm³/mol. The highest BCUT2D eigenvalue weighted by Crippen LogP contribution is 2.22. The highest BCUT2D eigenvalue weighted by atomic mass is 14.7. The minimum atomic E-state index is -0.0838. The Bertz CT molecular complexity index is 428. The molecule has 0 aliphatic heterocycles. The van der Waals surface area contributed by atoms with Crippen LogP contribution in [0.3, 0.4) is 0 Å². The summed E-state index contributed by atoms with van der Waals surface area (Å²) in [7, 11) is 0. The molecule has 0 radical (unpaired) electrons. The van der Waals surface area contributed by atoms with E-state index in [1.165, 1.54) is 5.39 Å². The molecule has 0 spiro atoms. The van der Waals surface area contributed by atoms with Crippen LogP contribution in [-0.4, -0.2) is 4.98 Å². The lowest BCUT2D eigenvalue weighted by atomic mass is 10.0. The Morgan fingerprint density at radius 2 is 2.23 bits per heavy atom. The molecule has 2 nitrogen and oxygen atoms in total. The predicted octanol–water partition coefficient (Wildman–Crippen LogP) is 2.35. The average Bonchev–Trinajstić information content (AvgIpc) is 2.63. The van der Waals surface area contributed by atoms with Crippen LogP contribution < -0.4 is 5.73 Å².